The first-order valence-corrected chi connectivity index (χ1v) is 7.14. The van der Waals surface area contributed by atoms with Crippen molar-refractivity contribution in [1.82, 2.24) is 0 Å². The van der Waals surface area contributed by atoms with E-state index < -0.39 is 23.0 Å². The van der Waals surface area contributed by atoms with Gasteiger partial charge in [0.25, 0.3) is 0 Å². The molecule has 0 saturated heterocycles. The molecule has 2 aromatic rings. The summed E-state index contributed by atoms with van der Waals surface area (Å²) in [7, 11) is 0. The Morgan fingerprint density at radius 2 is 1.74 bits per heavy atom. The highest BCUT2D eigenvalue weighted by atomic mass is 19.2. The smallest absolute Gasteiger partial charge is 0.166 e. The molecule has 0 saturated carbocycles. The minimum absolute atomic E-state index is 0.0571. The number of allylic oxidation sites excluding steroid dienone is 2. The molecule has 1 aliphatic rings. The second-order valence-electron chi connectivity index (χ2n) is 5.58. The third-order valence-electron chi connectivity index (χ3n) is 4.18. The van der Waals surface area contributed by atoms with Gasteiger partial charge in [-0.05, 0) is 18.6 Å². The Hall–Kier alpha value is -2.56. The van der Waals surface area contributed by atoms with Crippen LogP contribution in [0.25, 0.3) is 5.57 Å². The molecule has 1 atom stereocenters. The van der Waals surface area contributed by atoms with Crippen molar-refractivity contribution in [3.8, 4) is 0 Å². The van der Waals surface area contributed by atoms with Crippen molar-refractivity contribution in [2.45, 2.75) is 19.3 Å². The predicted molar refractivity (Wildman–Crippen MR) is 81.0 cm³/mol. The molecule has 3 rings (SSSR count). The molecule has 0 aromatic heterocycles. The summed E-state index contributed by atoms with van der Waals surface area (Å²) in [6, 6.07) is 9.80. The number of carbonyl (C=O) groups is 1. The molecule has 118 valence electrons. The summed E-state index contributed by atoms with van der Waals surface area (Å²) < 4.78 is 41.4. The number of ketones is 1. The lowest BCUT2D eigenvalue weighted by atomic mass is 9.96. The molecular weight excluding hydrogens is 303 g/mol. The van der Waals surface area contributed by atoms with E-state index in [4.69, 9.17) is 5.73 Å². The van der Waals surface area contributed by atoms with Gasteiger partial charge in [-0.3, -0.25) is 4.79 Å². The second-order valence-corrected chi connectivity index (χ2v) is 5.58. The minimum atomic E-state index is -1.25. The first-order valence-electron chi connectivity index (χ1n) is 7.14. The van der Waals surface area contributed by atoms with E-state index in [0.717, 1.165) is 12.5 Å². The lowest BCUT2D eigenvalue weighted by Gasteiger charge is -2.12. The first kappa shape index (κ1) is 15.3. The molecular formula is C18H14F3NO. The van der Waals surface area contributed by atoms with E-state index in [1.54, 1.807) is 0 Å². The molecule has 2 nitrogen and oxygen atoms in total. The number of benzene rings is 2. The maximum atomic E-state index is 14.3. The summed E-state index contributed by atoms with van der Waals surface area (Å²) in [4.78, 5) is 12.3. The van der Waals surface area contributed by atoms with Gasteiger partial charge in [-0.2, -0.15) is 0 Å². The van der Waals surface area contributed by atoms with E-state index in [1.807, 2.05) is 30.3 Å². The highest BCUT2D eigenvalue weighted by molar-refractivity contribution is 6.24. The summed E-state index contributed by atoms with van der Waals surface area (Å²) in [5, 5.41) is 0. The lowest BCUT2D eigenvalue weighted by molar-refractivity contribution is -0.113. The second kappa shape index (κ2) is 5.57. The van der Waals surface area contributed by atoms with Gasteiger partial charge in [-0.1, -0.05) is 30.3 Å². The van der Waals surface area contributed by atoms with Gasteiger partial charge in [-0.25, -0.2) is 13.2 Å². The number of halogens is 3. The zero-order valence-electron chi connectivity index (χ0n) is 12.4. The molecule has 0 amide bonds. The van der Waals surface area contributed by atoms with Crippen molar-refractivity contribution in [2.24, 2.45) is 5.73 Å². The van der Waals surface area contributed by atoms with E-state index in [9.17, 15) is 18.0 Å². The van der Waals surface area contributed by atoms with Gasteiger partial charge < -0.3 is 5.73 Å². The zero-order chi connectivity index (χ0) is 16.7. The topological polar surface area (TPSA) is 43.1 Å². The summed E-state index contributed by atoms with van der Waals surface area (Å²) in [5.74, 6) is -4.17. The molecule has 23 heavy (non-hydrogen) atoms. The van der Waals surface area contributed by atoms with E-state index in [1.165, 1.54) is 0 Å². The Bertz CT molecular complexity index is 828. The largest absolute Gasteiger partial charge is 0.401 e. The van der Waals surface area contributed by atoms with Crippen LogP contribution >= 0.6 is 0 Å². The molecule has 5 heteroatoms. The van der Waals surface area contributed by atoms with Crippen LogP contribution in [-0.2, 0) is 4.79 Å². The number of nitrogens with two attached hydrogens (primary N) is 1. The molecule has 0 aliphatic heterocycles. The molecule has 2 aromatic carbocycles. The monoisotopic (exact) mass is 317 g/mol. The Kier molecular flexibility index (Phi) is 3.72. The van der Waals surface area contributed by atoms with Crippen LogP contribution in [0.1, 0.15) is 29.0 Å². The van der Waals surface area contributed by atoms with E-state index in [0.29, 0.717) is 6.07 Å². The number of Topliss-reactive ketones (excluding diaryl/α,β-unsaturated/α-hetero) is 1. The van der Waals surface area contributed by atoms with Crippen LogP contribution in [-0.4, -0.2) is 5.78 Å². The van der Waals surface area contributed by atoms with Gasteiger partial charge in [0.1, 0.15) is 5.82 Å². The summed E-state index contributed by atoms with van der Waals surface area (Å²) in [6.45, 7) is 1.13. The number of hydrogen-bond acceptors (Lipinski definition) is 2. The Balaban J connectivity index is 2.16. The molecule has 0 fully saturated rings. The molecule has 0 spiro atoms. The predicted octanol–water partition coefficient (Wildman–Crippen LogP) is 3.84. The molecule has 2 N–H and O–H groups in total. The third kappa shape index (κ3) is 2.42. The number of hydrogen-bond donors (Lipinski definition) is 1. The Morgan fingerprint density at radius 3 is 2.39 bits per heavy atom. The molecule has 0 radical (unpaired) electrons. The Morgan fingerprint density at radius 1 is 1.09 bits per heavy atom. The molecule has 0 heterocycles. The highest BCUT2D eigenvalue weighted by Gasteiger charge is 2.34. The highest BCUT2D eigenvalue weighted by Crippen LogP contribution is 2.40. The van der Waals surface area contributed by atoms with Crippen LogP contribution in [0.3, 0.4) is 0 Å². The quantitative estimate of drug-likeness (QED) is 0.855. The molecule has 1 aliphatic carbocycles. The SMILES string of the molecule is Cc1c(F)c(F)cc(C2=C(N)C(c3ccccc3)CC2=O)c1F. The van der Waals surface area contributed by atoms with Crippen molar-refractivity contribution in [3.63, 3.8) is 0 Å². The fourth-order valence-electron chi connectivity index (χ4n) is 2.93. The van der Waals surface area contributed by atoms with Crippen molar-refractivity contribution < 1.29 is 18.0 Å². The number of rotatable bonds is 2. The van der Waals surface area contributed by atoms with Gasteiger partial charge in [0, 0.05) is 34.7 Å². The van der Waals surface area contributed by atoms with Gasteiger partial charge in [0.05, 0.1) is 0 Å². The standard InChI is InChI=1S/C18H14F3NO/c1-9-16(20)12(7-13(19)17(9)21)15-14(23)8-11(18(15)22)10-5-3-2-4-6-10/h2-7,11H,8,22H2,1H3. The molecule has 1 unspecified atom stereocenters. The third-order valence-corrected chi connectivity index (χ3v) is 4.18. The fraction of sp³-hybridized carbons (Fsp3) is 0.167. The maximum absolute atomic E-state index is 14.3. The summed E-state index contributed by atoms with van der Waals surface area (Å²) >= 11 is 0. The summed E-state index contributed by atoms with van der Waals surface area (Å²) in [6.07, 6.45) is 0.0860. The van der Waals surface area contributed by atoms with Crippen LogP contribution in [0.4, 0.5) is 13.2 Å². The van der Waals surface area contributed by atoms with Gasteiger partial charge in [-0.15, -0.1) is 0 Å². The van der Waals surface area contributed by atoms with Crippen LogP contribution < -0.4 is 5.73 Å². The van der Waals surface area contributed by atoms with Crippen LogP contribution in [0.15, 0.2) is 42.1 Å². The maximum Gasteiger partial charge on any atom is 0.166 e. The van der Waals surface area contributed by atoms with Gasteiger partial charge in [0.15, 0.2) is 17.4 Å². The molecule has 0 bridgehead atoms. The average molecular weight is 317 g/mol. The van der Waals surface area contributed by atoms with E-state index in [2.05, 4.69) is 0 Å². The van der Waals surface area contributed by atoms with Crippen LogP contribution in [0, 0.1) is 24.4 Å². The first-order chi connectivity index (χ1) is 10.9. The lowest BCUT2D eigenvalue weighted by Crippen LogP contribution is -2.08. The summed E-state index contributed by atoms with van der Waals surface area (Å²) in [5.41, 5.74) is 6.28. The Labute approximate surface area is 131 Å². The number of carbonyl (C=O) groups excluding carboxylic acids is 1. The van der Waals surface area contributed by atoms with Crippen molar-refractivity contribution >= 4 is 11.4 Å². The normalized spacial score (nSPS) is 17.9. The average Bonchev–Trinajstić information content (AvgIpc) is 2.85. The van der Waals surface area contributed by atoms with E-state index in [-0.39, 0.29) is 35.0 Å². The van der Waals surface area contributed by atoms with Crippen molar-refractivity contribution in [1.29, 1.82) is 0 Å². The van der Waals surface area contributed by atoms with Crippen molar-refractivity contribution in [2.75, 3.05) is 0 Å². The van der Waals surface area contributed by atoms with Gasteiger partial charge in [0.2, 0.25) is 0 Å². The zero-order valence-corrected chi connectivity index (χ0v) is 12.4. The van der Waals surface area contributed by atoms with Crippen molar-refractivity contribution in [3.05, 3.63) is 76.2 Å². The minimum Gasteiger partial charge on any atom is -0.401 e. The fourth-order valence-corrected chi connectivity index (χ4v) is 2.93. The van der Waals surface area contributed by atoms with Gasteiger partial charge >= 0.3 is 0 Å². The van der Waals surface area contributed by atoms with Crippen LogP contribution in [0.5, 0.6) is 0 Å². The van der Waals surface area contributed by atoms with E-state index >= 15 is 0 Å². The van der Waals surface area contributed by atoms with Crippen LogP contribution in [0.2, 0.25) is 0 Å².